The number of fused-ring (bicyclic) bond motifs is 2. The van der Waals surface area contributed by atoms with Crippen molar-refractivity contribution in [2.24, 2.45) is 23.2 Å². The van der Waals surface area contributed by atoms with Crippen molar-refractivity contribution in [3.05, 3.63) is 0 Å². The topological polar surface area (TPSA) is 17.1 Å². The second-order valence-corrected chi connectivity index (χ2v) is 5.10. The molecule has 68 valence electrons. The molecule has 1 heteroatoms. The lowest BCUT2D eigenvalue weighted by Gasteiger charge is -2.37. The summed E-state index contributed by atoms with van der Waals surface area (Å²) in [7, 11) is 0. The number of rotatable bonds is 2. The molecule has 0 amide bonds. The van der Waals surface area contributed by atoms with Crippen LogP contribution in [-0.2, 0) is 4.79 Å². The molecule has 2 aliphatic carbocycles. The van der Waals surface area contributed by atoms with Gasteiger partial charge in [0.1, 0.15) is 6.29 Å². The van der Waals surface area contributed by atoms with Crippen LogP contribution in [0.25, 0.3) is 0 Å². The Hall–Kier alpha value is -0.330. The SMILES string of the molecule is CC1(C)[C@H]2CC[C@H](C2)[C@H]1CC=O. The van der Waals surface area contributed by atoms with E-state index < -0.39 is 0 Å². The van der Waals surface area contributed by atoms with Crippen LogP contribution in [0.4, 0.5) is 0 Å². The first-order valence-corrected chi connectivity index (χ1v) is 5.10. The summed E-state index contributed by atoms with van der Waals surface area (Å²) in [5.41, 5.74) is 0.448. The molecule has 0 aromatic heterocycles. The first-order chi connectivity index (χ1) is 5.66. The van der Waals surface area contributed by atoms with Crippen molar-refractivity contribution in [2.45, 2.75) is 39.5 Å². The fourth-order valence-electron chi connectivity index (χ4n) is 3.57. The minimum atomic E-state index is 0.448. The van der Waals surface area contributed by atoms with Gasteiger partial charge in [-0.1, -0.05) is 13.8 Å². The molecule has 0 N–H and O–H groups in total. The molecule has 0 heterocycles. The summed E-state index contributed by atoms with van der Waals surface area (Å²) >= 11 is 0. The van der Waals surface area contributed by atoms with E-state index >= 15 is 0 Å². The third-order valence-corrected chi connectivity index (χ3v) is 4.40. The van der Waals surface area contributed by atoms with Crippen LogP contribution >= 0.6 is 0 Å². The Bertz CT molecular complexity index is 195. The van der Waals surface area contributed by atoms with Crippen molar-refractivity contribution in [3.8, 4) is 0 Å². The van der Waals surface area contributed by atoms with E-state index in [2.05, 4.69) is 13.8 Å². The lowest BCUT2D eigenvalue weighted by atomic mass is 9.68. The lowest BCUT2D eigenvalue weighted by Crippen LogP contribution is -2.30. The van der Waals surface area contributed by atoms with Crippen LogP contribution in [0, 0.1) is 23.2 Å². The Labute approximate surface area is 74.5 Å². The molecule has 12 heavy (non-hydrogen) atoms. The summed E-state index contributed by atoms with van der Waals surface area (Å²) in [6.45, 7) is 4.70. The standard InChI is InChI=1S/C11H18O/c1-11(2)9-4-3-8(7-9)10(11)5-6-12/h6,8-10H,3-5,7H2,1-2H3/t8-,9+,10-/m1/s1. The van der Waals surface area contributed by atoms with Crippen LogP contribution in [0.1, 0.15) is 39.5 Å². The first-order valence-electron chi connectivity index (χ1n) is 5.10. The van der Waals surface area contributed by atoms with Gasteiger partial charge in [-0.25, -0.2) is 0 Å². The van der Waals surface area contributed by atoms with E-state index in [0.29, 0.717) is 11.3 Å². The zero-order valence-corrected chi connectivity index (χ0v) is 8.05. The minimum Gasteiger partial charge on any atom is -0.303 e. The fraction of sp³-hybridized carbons (Fsp3) is 0.909. The smallest absolute Gasteiger partial charge is 0.120 e. The summed E-state index contributed by atoms with van der Waals surface area (Å²) in [5, 5.41) is 0. The molecule has 2 bridgehead atoms. The molecule has 2 fully saturated rings. The van der Waals surface area contributed by atoms with Gasteiger partial charge in [-0.15, -0.1) is 0 Å². The van der Waals surface area contributed by atoms with Gasteiger partial charge in [0.05, 0.1) is 0 Å². The number of carbonyl (C=O) groups excluding carboxylic acids is 1. The van der Waals surface area contributed by atoms with Crippen LogP contribution in [0.3, 0.4) is 0 Å². The van der Waals surface area contributed by atoms with Crippen molar-refractivity contribution >= 4 is 6.29 Å². The molecule has 2 aliphatic rings. The predicted octanol–water partition coefficient (Wildman–Crippen LogP) is 2.65. The molecule has 0 aromatic carbocycles. The summed E-state index contributed by atoms with van der Waals surface area (Å²) in [6.07, 6.45) is 6.10. The normalized spacial score (nSPS) is 43.3. The molecular weight excluding hydrogens is 148 g/mol. The third-order valence-electron chi connectivity index (χ3n) is 4.40. The maximum Gasteiger partial charge on any atom is 0.120 e. The molecule has 0 unspecified atom stereocenters. The van der Waals surface area contributed by atoms with Crippen molar-refractivity contribution in [3.63, 3.8) is 0 Å². The van der Waals surface area contributed by atoms with Crippen molar-refractivity contribution in [1.29, 1.82) is 0 Å². The van der Waals surface area contributed by atoms with E-state index in [1.807, 2.05) is 0 Å². The Morgan fingerprint density at radius 1 is 1.42 bits per heavy atom. The van der Waals surface area contributed by atoms with Gasteiger partial charge >= 0.3 is 0 Å². The average molecular weight is 166 g/mol. The zero-order valence-electron chi connectivity index (χ0n) is 8.05. The molecule has 2 saturated carbocycles. The number of hydrogen-bond donors (Lipinski definition) is 0. The largest absolute Gasteiger partial charge is 0.303 e. The highest BCUT2D eigenvalue weighted by atomic mass is 16.1. The minimum absolute atomic E-state index is 0.448. The Morgan fingerprint density at radius 2 is 2.17 bits per heavy atom. The van der Waals surface area contributed by atoms with E-state index in [1.54, 1.807) is 0 Å². The molecule has 0 aliphatic heterocycles. The van der Waals surface area contributed by atoms with E-state index in [0.717, 1.165) is 24.5 Å². The third kappa shape index (κ3) is 0.949. The monoisotopic (exact) mass is 166 g/mol. The molecule has 1 nitrogen and oxygen atoms in total. The van der Waals surface area contributed by atoms with Gasteiger partial charge in [0.2, 0.25) is 0 Å². The quantitative estimate of drug-likeness (QED) is 0.576. The molecule has 0 radical (unpaired) electrons. The second-order valence-electron chi connectivity index (χ2n) is 5.10. The molecule has 0 spiro atoms. The Kier molecular flexibility index (Phi) is 1.78. The number of aldehydes is 1. The van der Waals surface area contributed by atoms with Crippen LogP contribution < -0.4 is 0 Å². The highest BCUT2D eigenvalue weighted by Gasteiger charge is 2.51. The molecule has 2 rings (SSSR count). The fourth-order valence-corrected chi connectivity index (χ4v) is 3.57. The van der Waals surface area contributed by atoms with Crippen molar-refractivity contribution < 1.29 is 4.79 Å². The summed E-state index contributed by atoms with van der Waals surface area (Å²) < 4.78 is 0. The molecule has 3 atom stereocenters. The van der Waals surface area contributed by atoms with Gasteiger partial charge in [0.15, 0.2) is 0 Å². The van der Waals surface area contributed by atoms with E-state index in [4.69, 9.17) is 0 Å². The Morgan fingerprint density at radius 3 is 2.67 bits per heavy atom. The van der Waals surface area contributed by atoms with Gasteiger partial charge < -0.3 is 4.79 Å². The summed E-state index contributed by atoms with van der Waals surface area (Å²) in [5.74, 6) is 2.47. The number of carbonyl (C=O) groups is 1. The van der Waals surface area contributed by atoms with Crippen LogP contribution in [0.15, 0.2) is 0 Å². The summed E-state index contributed by atoms with van der Waals surface area (Å²) in [4.78, 5) is 10.5. The Balaban J connectivity index is 2.17. The molecule has 0 saturated heterocycles. The maximum atomic E-state index is 10.5. The van der Waals surface area contributed by atoms with Crippen LogP contribution in [0.2, 0.25) is 0 Å². The van der Waals surface area contributed by atoms with Gasteiger partial charge in [-0.2, -0.15) is 0 Å². The zero-order chi connectivity index (χ0) is 8.77. The number of hydrogen-bond acceptors (Lipinski definition) is 1. The highest BCUT2D eigenvalue weighted by Crippen LogP contribution is 2.59. The second kappa shape index (κ2) is 2.58. The molecule has 0 aromatic rings. The first kappa shape index (κ1) is 8.28. The van der Waals surface area contributed by atoms with Crippen molar-refractivity contribution in [2.75, 3.05) is 0 Å². The van der Waals surface area contributed by atoms with E-state index in [-0.39, 0.29) is 0 Å². The lowest BCUT2D eigenvalue weighted by molar-refractivity contribution is -0.110. The van der Waals surface area contributed by atoms with Crippen LogP contribution in [-0.4, -0.2) is 6.29 Å². The highest BCUT2D eigenvalue weighted by molar-refractivity contribution is 5.50. The van der Waals surface area contributed by atoms with E-state index in [9.17, 15) is 4.79 Å². The van der Waals surface area contributed by atoms with Gasteiger partial charge in [0.25, 0.3) is 0 Å². The van der Waals surface area contributed by atoms with Gasteiger partial charge in [-0.3, -0.25) is 0 Å². The van der Waals surface area contributed by atoms with E-state index in [1.165, 1.54) is 19.3 Å². The molecular formula is C11H18O. The van der Waals surface area contributed by atoms with Crippen molar-refractivity contribution in [1.82, 2.24) is 0 Å². The average Bonchev–Trinajstić information content (AvgIpc) is 2.53. The maximum absolute atomic E-state index is 10.5. The predicted molar refractivity (Wildman–Crippen MR) is 48.8 cm³/mol. The van der Waals surface area contributed by atoms with Crippen LogP contribution in [0.5, 0.6) is 0 Å². The summed E-state index contributed by atoms with van der Waals surface area (Å²) in [6, 6.07) is 0. The van der Waals surface area contributed by atoms with Gasteiger partial charge in [-0.05, 0) is 42.4 Å². The van der Waals surface area contributed by atoms with Gasteiger partial charge in [0, 0.05) is 6.42 Å².